The van der Waals surface area contributed by atoms with Crippen LogP contribution in [-0.2, 0) is 42.4 Å². The van der Waals surface area contributed by atoms with E-state index >= 15 is 0 Å². The average molecular weight is 1070 g/mol. The third-order valence-corrected chi connectivity index (χ3v) is 14.3. The van der Waals surface area contributed by atoms with Crippen LogP contribution >= 0.6 is 15.9 Å². The lowest BCUT2D eigenvalue weighted by Crippen LogP contribution is -2.30. The molecule has 0 radical (unpaired) electrons. The molecule has 372 valence electrons. The van der Waals surface area contributed by atoms with Crippen molar-refractivity contribution in [3.8, 4) is 22.6 Å². The molecule has 0 saturated heterocycles. The van der Waals surface area contributed by atoms with Crippen LogP contribution in [0.1, 0.15) is 62.5 Å². The fourth-order valence-electron chi connectivity index (χ4n) is 7.89. The maximum atomic E-state index is 14.8. The van der Waals surface area contributed by atoms with Crippen molar-refractivity contribution in [2.75, 3.05) is 12.5 Å². The number of benzene rings is 6. The van der Waals surface area contributed by atoms with Gasteiger partial charge in [0.25, 0.3) is 0 Å². The molecule has 0 aliphatic heterocycles. The molecular formula is C52H54BBrF4O10S2. The molecule has 2 N–H and O–H groups in total. The largest absolute Gasteiger partial charge is 0.488 e. The van der Waals surface area contributed by atoms with E-state index in [1.807, 2.05) is 60.7 Å². The molecule has 0 bridgehead atoms. The van der Waals surface area contributed by atoms with Crippen LogP contribution in [0.3, 0.4) is 0 Å². The van der Waals surface area contributed by atoms with Gasteiger partial charge in [-0.05, 0) is 115 Å². The molecule has 6 aromatic carbocycles. The Morgan fingerprint density at radius 2 is 0.900 bits per heavy atom. The van der Waals surface area contributed by atoms with Crippen LogP contribution in [0.2, 0.25) is 0 Å². The summed E-state index contributed by atoms with van der Waals surface area (Å²) in [5.41, 5.74) is 3.29. The minimum atomic E-state index is -3.34. The Balaban J connectivity index is 0.000000189. The van der Waals surface area contributed by atoms with Crippen molar-refractivity contribution in [3.63, 3.8) is 0 Å². The first-order chi connectivity index (χ1) is 33.3. The number of ether oxygens (including phenoxy) is 4. The quantitative estimate of drug-likeness (QED) is 0.0799. The Morgan fingerprint density at radius 1 is 0.529 bits per heavy atom. The van der Waals surface area contributed by atoms with Gasteiger partial charge in [0.1, 0.15) is 12.2 Å². The second-order valence-electron chi connectivity index (χ2n) is 17.1. The van der Waals surface area contributed by atoms with Gasteiger partial charge in [-0.2, -0.15) is 0 Å². The number of hydrogen-bond acceptors (Lipinski definition) is 10. The summed E-state index contributed by atoms with van der Waals surface area (Å²) in [6.07, 6.45) is 7.97. The van der Waals surface area contributed by atoms with Crippen LogP contribution in [0, 0.1) is 23.3 Å². The average Bonchev–Trinajstić information content (AvgIpc) is 3.33. The lowest BCUT2D eigenvalue weighted by molar-refractivity contribution is -0.0179. The van der Waals surface area contributed by atoms with E-state index in [2.05, 4.69) is 15.9 Å². The number of sulfone groups is 2. The van der Waals surface area contributed by atoms with Gasteiger partial charge in [-0.15, -0.1) is 0 Å². The lowest BCUT2D eigenvalue weighted by Gasteiger charge is -2.30. The van der Waals surface area contributed by atoms with Gasteiger partial charge in [0.05, 0.1) is 35.2 Å². The van der Waals surface area contributed by atoms with E-state index in [1.54, 1.807) is 0 Å². The second-order valence-corrected chi connectivity index (χ2v) is 22.1. The van der Waals surface area contributed by atoms with E-state index < -0.39 is 50.1 Å². The zero-order valence-electron chi connectivity index (χ0n) is 38.5. The maximum Gasteiger partial charge on any atom is 0.488 e. The van der Waals surface area contributed by atoms with Crippen molar-refractivity contribution in [2.45, 2.75) is 98.8 Å². The SMILES string of the molecule is CS(=O)(=O)c1ccc(-c2cc(F)c(OC3CCCC(OCc4ccccc4)C3)c(F)c2)cc1.CS(=O)(=O)c1ccc(B(O)O)cc1.Fc1cc(Br)cc(F)c1OC1CCCC(OCc2ccccc2)C1. The monoisotopic (exact) mass is 1070 g/mol. The molecule has 4 unspecified atom stereocenters. The molecular weight excluding hydrogens is 1020 g/mol. The first-order valence-corrected chi connectivity index (χ1v) is 27.1. The predicted octanol–water partition coefficient (Wildman–Crippen LogP) is 10.3. The third-order valence-electron chi connectivity index (χ3n) is 11.6. The summed E-state index contributed by atoms with van der Waals surface area (Å²) in [6.45, 7) is 1.03. The fraction of sp³-hybridized carbons (Fsp3) is 0.308. The summed E-state index contributed by atoms with van der Waals surface area (Å²) in [7, 11) is -8.11. The first-order valence-electron chi connectivity index (χ1n) is 22.6. The van der Waals surface area contributed by atoms with Crippen LogP contribution in [-0.4, -0.2) is 70.9 Å². The highest BCUT2D eigenvalue weighted by atomic mass is 79.9. The van der Waals surface area contributed by atoms with Crippen LogP contribution in [0.5, 0.6) is 11.5 Å². The summed E-state index contributed by atoms with van der Waals surface area (Å²) >= 11 is 3.07. The smallest absolute Gasteiger partial charge is 0.484 e. The molecule has 0 heterocycles. The molecule has 2 saturated carbocycles. The molecule has 0 amide bonds. The van der Waals surface area contributed by atoms with Crippen molar-refractivity contribution in [1.29, 1.82) is 0 Å². The minimum absolute atomic E-state index is 0.0253. The van der Waals surface area contributed by atoms with E-state index in [0.29, 0.717) is 48.1 Å². The number of rotatable bonds is 14. The molecule has 4 atom stereocenters. The molecule has 0 aromatic heterocycles. The normalized spacial score (nSPS) is 18.1. The Bertz CT molecular complexity index is 2800. The second kappa shape index (κ2) is 25.3. The molecule has 2 fully saturated rings. The third kappa shape index (κ3) is 16.5. The Morgan fingerprint density at radius 3 is 1.29 bits per heavy atom. The summed E-state index contributed by atoms with van der Waals surface area (Å²) in [6, 6.07) is 36.0. The standard InChI is InChI=1S/C26H26F2O4S.C19H19BrF2O2.C7H9BO4S/c1-33(29,30)23-12-10-19(11-13-23)20-14-24(27)26(25(28)15-20)32-22-9-5-8-21(16-22)31-17-18-6-3-2-4-7-18;20-14-9-17(21)19(18(22)10-14)24-16-8-4-7-15(11-16)23-12-13-5-2-1-3-6-13;1-13(11,12)7-4-2-6(3-5-7)8(9)10/h2-4,6-7,10-15,21-22H,5,8-9,16-17H2,1H3;1-3,5-6,9-10,15-16H,4,7-8,11-12H2;2-5,9-10H,1H3. The van der Waals surface area contributed by atoms with E-state index in [1.165, 1.54) is 72.8 Å². The lowest BCUT2D eigenvalue weighted by atomic mass is 9.81. The molecule has 18 heteroatoms. The number of halogens is 5. The van der Waals surface area contributed by atoms with Gasteiger partial charge in [0, 0.05) is 29.8 Å². The van der Waals surface area contributed by atoms with Crippen LogP contribution < -0.4 is 14.9 Å². The topological polar surface area (TPSA) is 146 Å². The van der Waals surface area contributed by atoms with Gasteiger partial charge in [0.15, 0.2) is 54.4 Å². The Labute approximate surface area is 415 Å². The molecule has 0 spiro atoms. The van der Waals surface area contributed by atoms with Crippen molar-refractivity contribution < 1.29 is 63.4 Å². The van der Waals surface area contributed by atoms with Crippen molar-refractivity contribution >= 4 is 48.2 Å². The molecule has 2 aliphatic rings. The number of hydrogen-bond donors (Lipinski definition) is 2. The highest BCUT2D eigenvalue weighted by Gasteiger charge is 2.28. The van der Waals surface area contributed by atoms with Crippen LogP contribution in [0.25, 0.3) is 11.1 Å². The summed E-state index contributed by atoms with van der Waals surface area (Å²) in [5, 5.41) is 17.4. The minimum Gasteiger partial charge on any atom is -0.484 e. The Hall–Kier alpha value is -5.08. The first kappa shape index (κ1) is 54.3. The van der Waals surface area contributed by atoms with E-state index in [0.717, 1.165) is 55.7 Å². The van der Waals surface area contributed by atoms with Crippen molar-refractivity contribution in [3.05, 3.63) is 172 Å². The predicted molar refractivity (Wildman–Crippen MR) is 264 cm³/mol. The maximum absolute atomic E-state index is 14.8. The summed E-state index contributed by atoms with van der Waals surface area (Å²) in [4.78, 5) is 0.311. The zero-order chi connectivity index (χ0) is 50.4. The Kier molecular flexibility index (Phi) is 19.6. The fourth-order valence-corrected chi connectivity index (χ4v) is 9.56. The molecule has 70 heavy (non-hydrogen) atoms. The highest BCUT2D eigenvalue weighted by molar-refractivity contribution is 9.10. The van der Waals surface area contributed by atoms with Gasteiger partial charge >= 0.3 is 7.12 Å². The van der Waals surface area contributed by atoms with Crippen LogP contribution in [0.15, 0.2) is 148 Å². The van der Waals surface area contributed by atoms with E-state index in [9.17, 15) is 34.4 Å². The van der Waals surface area contributed by atoms with Gasteiger partial charge in [-0.25, -0.2) is 34.4 Å². The van der Waals surface area contributed by atoms with Gasteiger partial charge in [0.2, 0.25) is 0 Å². The highest BCUT2D eigenvalue weighted by Crippen LogP contribution is 2.34. The zero-order valence-corrected chi connectivity index (χ0v) is 41.7. The van der Waals surface area contributed by atoms with Crippen molar-refractivity contribution in [2.24, 2.45) is 0 Å². The van der Waals surface area contributed by atoms with Crippen molar-refractivity contribution in [1.82, 2.24) is 0 Å². The van der Waals surface area contributed by atoms with E-state index in [4.69, 9.17) is 29.0 Å². The molecule has 2 aliphatic carbocycles. The van der Waals surface area contributed by atoms with Crippen LogP contribution in [0.4, 0.5) is 17.6 Å². The van der Waals surface area contributed by atoms with Gasteiger partial charge < -0.3 is 29.0 Å². The molecule has 6 aromatic rings. The van der Waals surface area contributed by atoms with E-state index in [-0.39, 0.29) is 51.2 Å². The van der Waals surface area contributed by atoms with Gasteiger partial charge in [-0.1, -0.05) is 101 Å². The van der Waals surface area contributed by atoms with Gasteiger partial charge in [-0.3, -0.25) is 0 Å². The molecule has 8 rings (SSSR count). The molecule has 10 nitrogen and oxygen atoms in total. The summed E-state index contributed by atoms with van der Waals surface area (Å²) < 4.78 is 126. The summed E-state index contributed by atoms with van der Waals surface area (Å²) in [5.74, 6) is -3.63.